The molecule has 2 aromatic rings. The molecule has 1 aromatic heterocycles. The Morgan fingerprint density at radius 1 is 1.03 bits per heavy atom. The smallest absolute Gasteiger partial charge is 0.317 e. The molecule has 8 heteroatoms. The van der Waals surface area contributed by atoms with E-state index in [1.807, 2.05) is 42.5 Å². The van der Waals surface area contributed by atoms with E-state index >= 15 is 0 Å². The van der Waals surface area contributed by atoms with Gasteiger partial charge in [-0.25, -0.2) is 9.78 Å². The Morgan fingerprint density at radius 2 is 1.77 bits per heavy atom. The van der Waals surface area contributed by atoms with Gasteiger partial charge in [0.15, 0.2) is 0 Å². The van der Waals surface area contributed by atoms with Crippen molar-refractivity contribution >= 4 is 17.8 Å². The lowest BCUT2D eigenvalue weighted by molar-refractivity contribution is -0.121. The van der Waals surface area contributed by atoms with Gasteiger partial charge in [-0.3, -0.25) is 4.79 Å². The maximum Gasteiger partial charge on any atom is 0.317 e. The number of benzene rings is 1. The summed E-state index contributed by atoms with van der Waals surface area (Å²) in [4.78, 5) is 35.2. The fourth-order valence-electron chi connectivity index (χ4n) is 3.50. The summed E-state index contributed by atoms with van der Waals surface area (Å²) >= 11 is 0. The van der Waals surface area contributed by atoms with E-state index in [0.29, 0.717) is 19.6 Å². The van der Waals surface area contributed by atoms with Crippen LogP contribution < -0.4 is 15.5 Å². The number of hydrogen-bond acceptors (Lipinski definition) is 5. The molecule has 2 N–H and O–H groups in total. The molecule has 1 fully saturated rings. The van der Waals surface area contributed by atoms with Gasteiger partial charge in [0.2, 0.25) is 5.91 Å². The molecule has 8 nitrogen and oxygen atoms in total. The maximum atomic E-state index is 12.3. The summed E-state index contributed by atoms with van der Waals surface area (Å²) in [6, 6.07) is 13.5. The molecule has 1 saturated heterocycles. The number of carbonyl (C=O) groups is 2. The maximum absolute atomic E-state index is 12.3. The minimum absolute atomic E-state index is 0.0980. The fraction of sp³-hybridized carbons (Fsp3) is 0.435. The zero-order valence-corrected chi connectivity index (χ0v) is 18.4. The molecule has 1 aliphatic rings. The summed E-state index contributed by atoms with van der Waals surface area (Å²) in [6.45, 7) is 5.10. The minimum atomic E-state index is -0.193. The van der Waals surface area contributed by atoms with E-state index in [1.54, 1.807) is 18.1 Å². The van der Waals surface area contributed by atoms with Gasteiger partial charge in [0.05, 0.1) is 0 Å². The van der Waals surface area contributed by atoms with Crippen LogP contribution in [0.3, 0.4) is 0 Å². The van der Waals surface area contributed by atoms with Gasteiger partial charge in [-0.05, 0) is 18.7 Å². The van der Waals surface area contributed by atoms with Crippen molar-refractivity contribution < 1.29 is 9.59 Å². The number of anilines is 1. The van der Waals surface area contributed by atoms with Crippen LogP contribution in [0.4, 0.5) is 10.6 Å². The molecule has 2 heterocycles. The van der Waals surface area contributed by atoms with Gasteiger partial charge in [0.25, 0.3) is 0 Å². The molecule has 0 atom stereocenters. The predicted octanol–water partition coefficient (Wildman–Crippen LogP) is 1.68. The normalized spacial score (nSPS) is 14.2. The molecular formula is C23H32N6O2. The van der Waals surface area contributed by atoms with Crippen molar-refractivity contribution in [2.75, 3.05) is 51.7 Å². The second-order valence-electron chi connectivity index (χ2n) is 7.88. The first kappa shape index (κ1) is 22.6. The molecule has 3 amide bonds. The van der Waals surface area contributed by atoms with E-state index in [4.69, 9.17) is 0 Å². The van der Waals surface area contributed by atoms with Crippen LogP contribution in [0.15, 0.2) is 48.7 Å². The molecule has 0 aliphatic carbocycles. The predicted molar refractivity (Wildman–Crippen MR) is 122 cm³/mol. The van der Waals surface area contributed by atoms with Gasteiger partial charge >= 0.3 is 6.03 Å². The van der Waals surface area contributed by atoms with Gasteiger partial charge < -0.3 is 25.3 Å². The molecular weight excluding hydrogens is 392 g/mol. The first-order chi connectivity index (χ1) is 15.0. The number of carbonyl (C=O) groups excluding carboxylic acids is 2. The van der Waals surface area contributed by atoms with Crippen LogP contribution in [0.5, 0.6) is 0 Å². The molecule has 31 heavy (non-hydrogen) atoms. The van der Waals surface area contributed by atoms with Crippen molar-refractivity contribution in [2.24, 2.45) is 0 Å². The topological polar surface area (TPSA) is 80.8 Å². The molecule has 166 valence electrons. The largest absolute Gasteiger partial charge is 0.354 e. The van der Waals surface area contributed by atoms with Crippen LogP contribution >= 0.6 is 0 Å². The number of amides is 3. The molecule has 1 aliphatic heterocycles. The second-order valence-corrected chi connectivity index (χ2v) is 7.88. The van der Waals surface area contributed by atoms with E-state index in [1.165, 1.54) is 0 Å². The Kier molecular flexibility index (Phi) is 8.23. The Morgan fingerprint density at radius 3 is 2.52 bits per heavy atom. The van der Waals surface area contributed by atoms with Crippen molar-refractivity contribution in [2.45, 2.75) is 19.5 Å². The number of aromatic nitrogens is 1. The number of hydrogen-bond donors (Lipinski definition) is 2. The van der Waals surface area contributed by atoms with E-state index in [0.717, 1.165) is 43.1 Å². The van der Waals surface area contributed by atoms with E-state index in [9.17, 15) is 9.59 Å². The lowest BCUT2D eigenvalue weighted by Gasteiger charge is -2.34. The number of piperazine rings is 1. The summed E-state index contributed by atoms with van der Waals surface area (Å²) < 4.78 is 0. The molecule has 0 bridgehead atoms. The van der Waals surface area contributed by atoms with Crippen LogP contribution in [0, 0.1) is 0 Å². The number of pyridine rings is 1. The van der Waals surface area contributed by atoms with Crippen molar-refractivity contribution in [1.82, 2.24) is 25.4 Å². The quantitative estimate of drug-likeness (QED) is 0.674. The third kappa shape index (κ3) is 6.96. The van der Waals surface area contributed by atoms with E-state index in [-0.39, 0.29) is 18.4 Å². The Hall–Kier alpha value is -3.13. The minimum Gasteiger partial charge on any atom is -0.354 e. The molecule has 0 unspecified atom stereocenters. The van der Waals surface area contributed by atoms with Crippen LogP contribution in [0.2, 0.25) is 0 Å². The average Bonchev–Trinajstić information content (AvgIpc) is 2.79. The number of nitrogens with zero attached hydrogens (tertiary/aromatic N) is 4. The average molecular weight is 425 g/mol. The number of rotatable bonds is 8. The third-order valence-corrected chi connectivity index (χ3v) is 5.38. The van der Waals surface area contributed by atoms with Gasteiger partial charge in [0, 0.05) is 71.0 Å². The van der Waals surface area contributed by atoms with Gasteiger partial charge in [-0.15, -0.1) is 0 Å². The lowest BCUT2D eigenvalue weighted by atomic mass is 10.2. The lowest BCUT2D eigenvalue weighted by Crippen LogP contribution is -2.45. The number of nitrogens with one attached hydrogen (secondary N) is 2. The molecule has 3 rings (SSSR count). The third-order valence-electron chi connectivity index (χ3n) is 5.38. The first-order valence-corrected chi connectivity index (χ1v) is 10.7. The summed E-state index contributed by atoms with van der Waals surface area (Å²) in [7, 11) is 3.86. The van der Waals surface area contributed by atoms with Crippen molar-refractivity contribution in [1.29, 1.82) is 0 Å². The molecule has 0 radical (unpaired) electrons. The number of likely N-dealkylation sites (N-methyl/N-ethyl adjacent to an activating group) is 1. The zero-order valence-electron chi connectivity index (χ0n) is 18.4. The SMILES string of the molecule is CN1CCN(c2ncccc2CNC(=O)CCNC(=O)N(C)Cc2ccccc2)CC1. The molecule has 0 spiro atoms. The summed E-state index contributed by atoms with van der Waals surface area (Å²) in [5.41, 5.74) is 2.07. The Balaban J connectivity index is 1.40. The highest BCUT2D eigenvalue weighted by Crippen LogP contribution is 2.18. The van der Waals surface area contributed by atoms with Crippen LogP contribution in [-0.2, 0) is 17.9 Å². The van der Waals surface area contributed by atoms with E-state index in [2.05, 4.69) is 32.5 Å². The van der Waals surface area contributed by atoms with Gasteiger partial charge in [0.1, 0.15) is 5.82 Å². The van der Waals surface area contributed by atoms with Crippen LogP contribution in [0.25, 0.3) is 0 Å². The highest BCUT2D eigenvalue weighted by molar-refractivity contribution is 5.78. The van der Waals surface area contributed by atoms with Crippen LogP contribution in [-0.4, -0.2) is 73.5 Å². The van der Waals surface area contributed by atoms with Crippen LogP contribution in [0.1, 0.15) is 17.5 Å². The Labute approximate surface area is 184 Å². The molecule has 0 saturated carbocycles. The fourth-order valence-corrected chi connectivity index (χ4v) is 3.50. The Bertz CT molecular complexity index is 852. The standard InChI is InChI=1S/C23H32N6O2/c1-27-13-15-29(16-14-27)22-20(9-6-11-24-22)17-26-21(30)10-12-25-23(31)28(2)18-19-7-4-3-5-8-19/h3-9,11H,10,12-18H2,1-2H3,(H,25,31)(H,26,30). The molecule has 1 aromatic carbocycles. The summed E-state index contributed by atoms with van der Waals surface area (Å²) in [6.07, 6.45) is 2.02. The van der Waals surface area contributed by atoms with Crippen molar-refractivity contribution in [3.63, 3.8) is 0 Å². The van der Waals surface area contributed by atoms with E-state index < -0.39 is 0 Å². The van der Waals surface area contributed by atoms with Gasteiger partial charge in [-0.2, -0.15) is 0 Å². The highest BCUT2D eigenvalue weighted by Gasteiger charge is 2.18. The zero-order chi connectivity index (χ0) is 22.1. The monoisotopic (exact) mass is 424 g/mol. The first-order valence-electron chi connectivity index (χ1n) is 10.7. The summed E-state index contributed by atoms with van der Waals surface area (Å²) in [5, 5.41) is 5.75. The van der Waals surface area contributed by atoms with Crippen molar-refractivity contribution in [3.8, 4) is 0 Å². The summed E-state index contributed by atoms with van der Waals surface area (Å²) in [5.74, 6) is 0.839. The van der Waals surface area contributed by atoms with Gasteiger partial charge in [-0.1, -0.05) is 36.4 Å². The number of urea groups is 1. The highest BCUT2D eigenvalue weighted by atomic mass is 16.2. The second kappa shape index (κ2) is 11.3. The van der Waals surface area contributed by atoms with Crippen molar-refractivity contribution in [3.05, 3.63) is 59.8 Å².